The smallest absolute Gasteiger partial charge is 0.180 e. The van der Waals surface area contributed by atoms with E-state index in [1.807, 2.05) is 5.38 Å². The second-order valence-electron chi connectivity index (χ2n) is 4.57. The molecule has 0 amide bonds. The zero-order chi connectivity index (χ0) is 11.4. The molecule has 3 nitrogen and oxygen atoms in total. The van der Waals surface area contributed by atoms with Crippen LogP contribution in [0.4, 0.5) is 5.13 Å². The summed E-state index contributed by atoms with van der Waals surface area (Å²) >= 11 is 1.51. The lowest BCUT2D eigenvalue weighted by Crippen LogP contribution is -2.29. The average molecular weight is 227 g/mol. The van der Waals surface area contributed by atoms with Crippen molar-refractivity contribution >= 4 is 16.5 Å². The molecular weight excluding hydrogens is 206 g/mol. The van der Waals surface area contributed by atoms with E-state index in [0.717, 1.165) is 18.2 Å². The Hall–Kier alpha value is -0.610. The quantitative estimate of drug-likeness (QED) is 0.840. The number of nitrogens with two attached hydrogens (primary N) is 1. The topological polar surface area (TPSA) is 42.1 Å². The number of rotatable bonds is 5. The highest BCUT2D eigenvalue weighted by atomic mass is 32.1. The minimum Gasteiger partial charge on any atom is -0.375 e. The molecule has 0 aliphatic rings. The molecule has 0 fully saturated rings. The first-order chi connectivity index (χ1) is 6.99. The second-order valence-corrected chi connectivity index (χ2v) is 5.46. The van der Waals surface area contributed by atoms with Gasteiger partial charge in [-0.1, -0.05) is 13.8 Å². The molecule has 0 saturated heterocycles. The number of nitrogens with zero attached hydrogens (tertiary/aromatic N) is 2. The van der Waals surface area contributed by atoms with Crippen LogP contribution in [0.5, 0.6) is 0 Å². The van der Waals surface area contributed by atoms with Crippen molar-refractivity contribution in [3.63, 3.8) is 0 Å². The van der Waals surface area contributed by atoms with Crippen LogP contribution in [0.2, 0.25) is 0 Å². The Labute approximate surface area is 96.3 Å². The Morgan fingerprint density at radius 3 is 2.60 bits per heavy atom. The number of aromatic nitrogens is 1. The van der Waals surface area contributed by atoms with Crippen LogP contribution >= 0.6 is 11.3 Å². The molecule has 0 radical (unpaired) electrons. The van der Waals surface area contributed by atoms with Crippen molar-refractivity contribution in [2.75, 3.05) is 12.8 Å². The minimum absolute atomic E-state index is 0.591. The predicted molar refractivity (Wildman–Crippen MR) is 66.9 cm³/mol. The van der Waals surface area contributed by atoms with Gasteiger partial charge in [-0.3, -0.25) is 4.90 Å². The van der Waals surface area contributed by atoms with Crippen LogP contribution in [0.1, 0.15) is 32.9 Å². The van der Waals surface area contributed by atoms with Crippen molar-refractivity contribution in [2.45, 2.75) is 39.8 Å². The molecule has 0 aromatic carbocycles. The van der Waals surface area contributed by atoms with Crippen LogP contribution in [0.3, 0.4) is 0 Å². The fraction of sp³-hybridized carbons (Fsp3) is 0.727. The summed E-state index contributed by atoms with van der Waals surface area (Å²) < 4.78 is 0. The molecular formula is C11H21N3S. The van der Waals surface area contributed by atoms with Gasteiger partial charge in [0.25, 0.3) is 0 Å². The number of hydrogen-bond acceptors (Lipinski definition) is 4. The molecule has 1 aromatic rings. The summed E-state index contributed by atoms with van der Waals surface area (Å²) in [4.78, 5) is 6.59. The third-order valence-corrected chi connectivity index (χ3v) is 3.27. The number of nitrogen functional groups attached to an aromatic ring is 1. The molecule has 86 valence electrons. The van der Waals surface area contributed by atoms with Crippen LogP contribution in [-0.4, -0.2) is 23.0 Å². The Morgan fingerprint density at radius 2 is 2.13 bits per heavy atom. The third-order valence-electron chi connectivity index (χ3n) is 2.55. The van der Waals surface area contributed by atoms with E-state index in [4.69, 9.17) is 5.73 Å². The third kappa shape index (κ3) is 4.18. The van der Waals surface area contributed by atoms with Gasteiger partial charge in [0, 0.05) is 18.0 Å². The summed E-state index contributed by atoms with van der Waals surface area (Å²) in [6, 6.07) is 0.591. The lowest BCUT2D eigenvalue weighted by atomic mass is 10.0. The summed E-state index contributed by atoms with van der Waals surface area (Å²) in [5, 5.41) is 2.70. The van der Waals surface area contributed by atoms with Gasteiger partial charge in [-0.25, -0.2) is 4.98 Å². The summed E-state index contributed by atoms with van der Waals surface area (Å²) in [6.45, 7) is 7.66. The Morgan fingerprint density at radius 1 is 1.47 bits per heavy atom. The predicted octanol–water partition coefficient (Wildman–Crippen LogP) is 2.59. The molecule has 0 aliphatic carbocycles. The first-order valence-electron chi connectivity index (χ1n) is 5.39. The van der Waals surface area contributed by atoms with Gasteiger partial charge in [0.2, 0.25) is 0 Å². The molecule has 0 bridgehead atoms. The van der Waals surface area contributed by atoms with E-state index in [-0.39, 0.29) is 0 Å². The fourth-order valence-electron chi connectivity index (χ4n) is 1.67. The van der Waals surface area contributed by atoms with E-state index in [0.29, 0.717) is 11.2 Å². The van der Waals surface area contributed by atoms with Crippen LogP contribution < -0.4 is 5.73 Å². The summed E-state index contributed by atoms with van der Waals surface area (Å²) in [7, 11) is 2.14. The Bertz CT molecular complexity index is 296. The number of anilines is 1. The highest BCUT2D eigenvalue weighted by Gasteiger charge is 2.12. The molecule has 0 aliphatic heterocycles. The molecule has 1 aromatic heterocycles. The van der Waals surface area contributed by atoms with Crippen molar-refractivity contribution in [1.29, 1.82) is 0 Å². The normalized spacial score (nSPS) is 13.7. The van der Waals surface area contributed by atoms with Crippen LogP contribution in [-0.2, 0) is 6.54 Å². The average Bonchev–Trinajstić information content (AvgIpc) is 2.50. The van der Waals surface area contributed by atoms with Crippen molar-refractivity contribution in [1.82, 2.24) is 9.88 Å². The zero-order valence-electron chi connectivity index (χ0n) is 10.0. The summed E-state index contributed by atoms with van der Waals surface area (Å²) in [5.41, 5.74) is 6.68. The maximum atomic E-state index is 5.60. The van der Waals surface area contributed by atoms with Gasteiger partial charge in [0.15, 0.2) is 5.13 Å². The van der Waals surface area contributed by atoms with Gasteiger partial charge >= 0.3 is 0 Å². The van der Waals surface area contributed by atoms with Gasteiger partial charge in [-0.05, 0) is 26.3 Å². The Balaban J connectivity index is 2.44. The molecule has 2 N–H and O–H groups in total. The summed E-state index contributed by atoms with van der Waals surface area (Å²) in [5.74, 6) is 0.739. The van der Waals surface area contributed by atoms with Gasteiger partial charge in [-0.15, -0.1) is 11.3 Å². The second kappa shape index (κ2) is 5.47. The van der Waals surface area contributed by atoms with Crippen molar-refractivity contribution in [2.24, 2.45) is 5.92 Å². The molecule has 15 heavy (non-hydrogen) atoms. The molecule has 0 spiro atoms. The lowest BCUT2D eigenvalue weighted by Gasteiger charge is -2.25. The van der Waals surface area contributed by atoms with E-state index >= 15 is 0 Å². The van der Waals surface area contributed by atoms with Crippen LogP contribution in [0.25, 0.3) is 0 Å². The van der Waals surface area contributed by atoms with E-state index in [2.05, 4.69) is 37.7 Å². The fourth-order valence-corrected chi connectivity index (χ4v) is 2.22. The molecule has 0 saturated carbocycles. The van der Waals surface area contributed by atoms with E-state index < -0.39 is 0 Å². The molecule has 1 rings (SSSR count). The SMILES string of the molecule is CC(C)CC(C)N(C)Cc1csc(N)n1. The van der Waals surface area contributed by atoms with Gasteiger partial charge in [-0.2, -0.15) is 0 Å². The van der Waals surface area contributed by atoms with Gasteiger partial charge in [0.05, 0.1) is 5.69 Å². The number of thiazole rings is 1. The van der Waals surface area contributed by atoms with E-state index in [1.54, 1.807) is 0 Å². The lowest BCUT2D eigenvalue weighted by molar-refractivity contribution is 0.219. The largest absolute Gasteiger partial charge is 0.375 e. The summed E-state index contributed by atoms with van der Waals surface area (Å²) in [6.07, 6.45) is 1.22. The van der Waals surface area contributed by atoms with Crippen LogP contribution in [0.15, 0.2) is 5.38 Å². The van der Waals surface area contributed by atoms with Gasteiger partial charge in [0.1, 0.15) is 0 Å². The van der Waals surface area contributed by atoms with Crippen LogP contribution in [0, 0.1) is 5.92 Å². The highest BCUT2D eigenvalue weighted by Crippen LogP contribution is 2.15. The minimum atomic E-state index is 0.591. The zero-order valence-corrected chi connectivity index (χ0v) is 10.8. The Kier molecular flexibility index (Phi) is 4.54. The number of hydrogen-bond donors (Lipinski definition) is 1. The van der Waals surface area contributed by atoms with E-state index in [9.17, 15) is 0 Å². The first kappa shape index (κ1) is 12.5. The van der Waals surface area contributed by atoms with Gasteiger partial charge < -0.3 is 5.73 Å². The standard InChI is InChI=1S/C11H21N3S/c1-8(2)5-9(3)14(4)6-10-7-15-11(12)13-10/h7-9H,5-6H2,1-4H3,(H2,12,13). The van der Waals surface area contributed by atoms with E-state index in [1.165, 1.54) is 17.8 Å². The monoisotopic (exact) mass is 227 g/mol. The maximum Gasteiger partial charge on any atom is 0.180 e. The molecule has 1 heterocycles. The van der Waals surface area contributed by atoms with Crippen molar-refractivity contribution in [3.8, 4) is 0 Å². The maximum absolute atomic E-state index is 5.60. The molecule has 1 unspecified atom stereocenters. The molecule has 1 atom stereocenters. The molecule has 4 heteroatoms. The van der Waals surface area contributed by atoms with Crippen molar-refractivity contribution in [3.05, 3.63) is 11.1 Å². The first-order valence-corrected chi connectivity index (χ1v) is 6.27. The highest BCUT2D eigenvalue weighted by molar-refractivity contribution is 7.13. The van der Waals surface area contributed by atoms with Crippen molar-refractivity contribution < 1.29 is 0 Å².